The van der Waals surface area contributed by atoms with Crippen molar-refractivity contribution in [2.45, 2.75) is 47.1 Å². The smallest absolute Gasteiger partial charge is 0.191 e. The number of aryl methyl sites for hydroxylation is 1. The zero-order valence-corrected chi connectivity index (χ0v) is 13.2. The van der Waals surface area contributed by atoms with E-state index in [4.69, 9.17) is 0 Å². The molecule has 0 saturated heterocycles. The minimum atomic E-state index is 0.616. The van der Waals surface area contributed by atoms with E-state index in [2.05, 4.69) is 54.4 Å². The SMILES string of the molecule is CCNC(=NCc1ncccc1C)NCC(CC)CC. The van der Waals surface area contributed by atoms with Crippen LogP contribution >= 0.6 is 0 Å². The summed E-state index contributed by atoms with van der Waals surface area (Å²) in [4.78, 5) is 8.99. The van der Waals surface area contributed by atoms with Crippen molar-refractivity contribution in [3.8, 4) is 0 Å². The number of nitrogens with zero attached hydrogens (tertiary/aromatic N) is 2. The summed E-state index contributed by atoms with van der Waals surface area (Å²) in [5.41, 5.74) is 2.22. The first kappa shape index (κ1) is 16.5. The highest BCUT2D eigenvalue weighted by molar-refractivity contribution is 5.79. The monoisotopic (exact) mass is 276 g/mol. The topological polar surface area (TPSA) is 49.3 Å². The van der Waals surface area contributed by atoms with E-state index in [1.165, 1.54) is 18.4 Å². The second-order valence-corrected chi connectivity index (χ2v) is 5.03. The second kappa shape index (κ2) is 9.34. The summed E-state index contributed by atoms with van der Waals surface area (Å²) in [6.07, 6.45) is 4.22. The number of pyridine rings is 1. The van der Waals surface area contributed by atoms with Gasteiger partial charge >= 0.3 is 0 Å². The molecule has 4 heteroatoms. The van der Waals surface area contributed by atoms with Crippen LogP contribution in [0, 0.1) is 12.8 Å². The highest BCUT2D eigenvalue weighted by Gasteiger charge is 2.05. The molecule has 0 aliphatic rings. The molecule has 1 aromatic rings. The Morgan fingerprint density at radius 1 is 1.25 bits per heavy atom. The van der Waals surface area contributed by atoms with Gasteiger partial charge in [-0.1, -0.05) is 32.8 Å². The third-order valence-corrected chi connectivity index (χ3v) is 3.56. The lowest BCUT2D eigenvalue weighted by Crippen LogP contribution is -2.39. The van der Waals surface area contributed by atoms with Gasteiger partial charge in [0.1, 0.15) is 0 Å². The quantitative estimate of drug-likeness (QED) is 0.595. The zero-order valence-electron chi connectivity index (χ0n) is 13.2. The summed E-state index contributed by atoms with van der Waals surface area (Å²) < 4.78 is 0. The van der Waals surface area contributed by atoms with E-state index in [1.54, 1.807) is 0 Å². The first-order chi connectivity index (χ1) is 9.71. The van der Waals surface area contributed by atoms with Gasteiger partial charge in [-0.15, -0.1) is 0 Å². The van der Waals surface area contributed by atoms with Gasteiger partial charge in [0.2, 0.25) is 0 Å². The van der Waals surface area contributed by atoms with Gasteiger partial charge in [-0.2, -0.15) is 0 Å². The predicted molar refractivity (Wildman–Crippen MR) is 85.9 cm³/mol. The number of aliphatic imine (C=N–C) groups is 1. The van der Waals surface area contributed by atoms with Crippen LogP contribution in [0.5, 0.6) is 0 Å². The lowest BCUT2D eigenvalue weighted by Gasteiger charge is -2.16. The molecule has 20 heavy (non-hydrogen) atoms. The van der Waals surface area contributed by atoms with Gasteiger partial charge in [0.25, 0.3) is 0 Å². The lowest BCUT2D eigenvalue weighted by molar-refractivity contribution is 0.481. The van der Waals surface area contributed by atoms with Crippen LogP contribution in [0.15, 0.2) is 23.3 Å². The number of hydrogen-bond donors (Lipinski definition) is 2. The molecule has 1 aromatic heterocycles. The summed E-state index contributed by atoms with van der Waals surface area (Å²) in [7, 11) is 0. The van der Waals surface area contributed by atoms with Gasteiger partial charge in [-0.3, -0.25) is 4.98 Å². The van der Waals surface area contributed by atoms with Gasteiger partial charge in [0.05, 0.1) is 12.2 Å². The minimum absolute atomic E-state index is 0.616. The molecule has 0 fully saturated rings. The molecule has 0 spiro atoms. The van der Waals surface area contributed by atoms with Crippen molar-refractivity contribution in [2.75, 3.05) is 13.1 Å². The highest BCUT2D eigenvalue weighted by atomic mass is 15.2. The summed E-state index contributed by atoms with van der Waals surface area (Å²) in [5.74, 6) is 1.58. The van der Waals surface area contributed by atoms with Crippen LogP contribution in [0.25, 0.3) is 0 Å². The third-order valence-electron chi connectivity index (χ3n) is 3.56. The van der Waals surface area contributed by atoms with E-state index in [-0.39, 0.29) is 0 Å². The molecule has 0 unspecified atom stereocenters. The maximum absolute atomic E-state index is 4.62. The van der Waals surface area contributed by atoms with Crippen molar-refractivity contribution >= 4 is 5.96 Å². The maximum Gasteiger partial charge on any atom is 0.191 e. The summed E-state index contributed by atoms with van der Waals surface area (Å²) >= 11 is 0. The van der Waals surface area contributed by atoms with Gasteiger partial charge in [0, 0.05) is 19.3 Å². The molecule has 1 rings (SSSR count). The van der Waals surface area contributed by atoms with E-state index in [0.29, 0.717) is 12.5 Å². The molecule has 0 bridgehead atoms. The van der Waals surface area contributed by atoms with Crippen LogP contribution in [0.2, 0.25) is 0 Å². The van der Waals surface area contributed by atoms with Gasteiger partial charge in [-0.25, -0.2) is 4.99 Å². The average molecular weight is 276 g/mol. The second-order valence-electron chi connectivity index (χ2n) is 5.03. The number of rotatable bonds is 7. The molecule has 0 aliphatic carbocycles. The Morgan fingerprint density at radius 2 is 2.00 bits per heavy atom. The Balaban J connectivity index is 2.60. The van der Waals surface area contributed by atoms with E-state index in [9.17, 15) is 0 Å². The Labute approximate surface area is 123 Å². The molecule has 0 aromatic carbocycles. The molecule has 1 heterocycles. The number of nitrogens with one attached hydrogen (secondary N) is 2. The largest absolute Gasteiger partial charge is 0.357 e. The first-order valence-corrected chi connectivity index (χ1v) is 7.63. The molecule has 0 atom stereocenters. The van der Waals surface area contributed by atoms with Gasteiger partial charge < -0.3 is 10.6 Å². The Morgan fingerprint density at radius 3 is 2.60 bits per heavy atom. The molecule has 112 valence electrons. The molecule has 2 N–H and O–H groups in total. The summed E-state index contributed by atoms with van der Waals surface area (Å²) in [6, 6.07) is 4.03. The van der Waals surface area contributed by atoms with Crippen LogP contribution in [-0.4, -0.2) is 24.0 Å². The fourth-order valence-electron chi connectivity index (χ4n) is 2.00. The first-order valence-electron chi connectivity index (χ1n) is 7.63. The van der Waals surface area contributed by atoms with Crippen LogP contribution in [0.1, 0.15) is 44.9 Å². The molecular weight excluding hydrogens is 248 g/mol. The normalized spacial score (nSPS) is 11.8. The van der Waals surface area contributed by atoms with Crippen LogP contribution < -0.4 is 10.6 Å². The molecule has 4 nitrogen and oxygen atoms in total. The summed E-state index contributed by atoms with van der Waals surface area (Å²) in [5, 5.41) is 6.71. The Hall–Kier alpha value is -1.58. The Kier molecular flexibility index (Phi) is 7.70. The molecular formula is C16H28N4. The van der Waals surface area contributed by atoms with E-state index >= 15 is 0 Å². The minimum Gasteiger partial charge on any atom is -0.357 e. The van der Waals surface area contributed by atoms with Crippen molar-refractivity contribution in [3.05, 3.63) is 29.6 Å². The number of hydrogen-bond acceptors (Lipinski definition) is 2. The fourth-order valence-corrected chi connectivity index (χ4v) is 2.00. The molecule has 0 radical (unpaired) electrons. The van der Waals surface area contributed by atoms with Crippen molar-refractivity contribution < 1.29 is 0 Å². The van der Waals surface area contributed by atoms with E-state index < -0.39 is 0 Å². The van der Waals surface area contributed by atoms with Crippen molar-refractivity contribution in [1.29, 1.82) is 0 Å². The van der Waals surface area contributed by atoms with Gasteiger partial charge in [0.15, 0.2) is 5.96 Å². The molecule has 0 saturated carbocycles. The van der Waals surface area contributed by atoms with Crippen LogP contribution in [0.4, 0.5) is 0 Å². The van der Waals surface area contributed by atoms with E-state index in [0.717, 1.165) is 24.7 Å². The molecule has 0 aliphatic heterocycles. The number of guanidine groups is 1. The van der Waals surface area contributed by atoms with E-state index in [1.807, 2.05) is 12.3 Å². The Bertz CT molecular complexity index is 411. The summed E-state index contributed by atoms with van der Waals surface area (Å²) in [6.45, 7) is 11.1. The fraction of sp³-hybridized carbons (Fsp3) is 0.625. The lowest BCUT2D eigenvalue weighted by atomic mass is 10.0. The van der Waals surface area contributed by atoms with Crippen molar-refractivity contribution in [1.82, 2.24) is 15.6 Å². The standard InChI is InChI=1S/C16H28N4/c1-5-14(6-2)11-19-16(17-7-3)20-12-15-13(4)9-8-10-18-15/h8-10,14H,5-7,11-12H2,1-4H3,(H2,17,19,20). The van der Waals surface area contributed by atoms with Crippen molar-refractivity contribution in [2.24, 2.45) is 10.9 Å². The van der Waals surface area contributed by atoms with Crippen LogP contribution in [-0.2, 0) is 6.54 Å². The number of aromatic nitrogens is 1. The predicted octanol–water partition coefficient (Wildman–Crippen LogP) is 2.88. The maximum atomic E-state index is 4.62. The average Bonchev–Trinajstić information content (AvgIpc) is 2.47. The van der Waals surface area contributed by atoms with Crippen molar-refractivity contribution in [3.63, 3.8) is 0 Å². The highest BCUT2D eigenvalue weighted by Crippen LogP contribution is 2.06. The van der Waals surface area contributed by atoms with Crippen LogP contribution in [0.3, 0.4) is 0 Å². The molecule has 0 amide bonds. The van der Waals surface area contributed by atoms with Gasteiger partial charge in [-0.05, 0) is 31.4 Å². The zero-order chi connectivity index (χ0) is 14.8. The third kappa shape index (κ3) is 5.59.